The van der Waals surface area contributed by atoms with Crippen LogP contribution in [0.4, 0.5) is 0 Å². The van der Waals surface area contributed by atoms with Crippen molar-refractivity contribution in [2.75, 3.05) is 27.3 Å². The second kappa shape index (κ2) is 7.39. The van der Waals surface area contributed by atoms with E-state index in [9.17, 15) is 0 Å². The molecule has 0 aromatic heterocycles. The molecule has 3 nitrogen and oxygen atoms in total. The number of aryl methyl sites for hydroxylation is 1. The molecule has 1 heterocycles. The quantitative estimate of drug-likeness (QED) is 0.855. The summed E-state index contributed by atoms with van der Waals surface area (Å²) in [6.45, 7) is 2.39. The highest BCUT2D eigenvalue weighted by Gasteiger charge is 2.12. The van der Waals surface area contributed by atoms with Gasteiger partial charge in [0.05, 0.1) is 14.2 Å². The number of benzene rings is 1. The van der Waals surface area contributed by atoms with Crippen LogP contribution in [0.2, 0.25) is 0 Å². The van der Waals surface area contributed by atoms with Gasteiger partial charge in [-0.15, -0.1) is 0 Å². The minimum atomic E-state index is 0.810. The Kier molecular flexibility index (Phi) is 5.52. The minimum Gasteiger partial charge on any atom is -0.493 e. The summed E-state index contributed by atoms with van der Waals surface area (Å²) in [5, 5.41) is 3.42. The Bertz CT molecular complexity index is 386. The highest BCUT2D eigenvalue weighted by atomic mass is 16.5. The summed E-state index contributed by atoms with van der Waals surface area (Å²) in [6.07, 6.45) is 6.42. The number of rotatable bonds is 6. The van der Waals surface area contributed by atoms with Gasteiger partial charge < -0.3 is 14.8 Å². The van der Waals surface area contributed by atoms with Gasteiger partial charge in [-0.05, 0) is 62.4 Å². The summed E-state index contributed by atoms with van der Waals surface area (Å²) in [5.41, 5.74) is 1.34. The van der Waals surface area contributed by atoms with E-state index in [4.69, 9.17) is 9.47 Å². The molecular weight excluding hydrogens is 238 g/mol. The predicted octanol–water partition coefficient (Wildman–Crippen LogP) is 3.03. The zero-order valence-corrected chi connectivity index (χ0v) is 12.1. The fourth-order valence-electron chi connectivity index (χ4n) is 2.80. The summed E-state index contributed by atoms with van der Waals surface area (Å²) in [5.74, 6) is 2.56. The molecule has 19 heavy (non-hydrogen) atoms. The first-order valence-corrected chi connectivity index (χ1v) is 7.25. The topological polar surface area (TPSA) is 30.5 Å². The van der Waals surface area contributed by atoms with Crippen molar-refractivity contribution in [3.8, 4) is 11.5 Å². The largest absolute Gasteiger partial charge is 0.493 e. The van der Waals surface area contributed by atoms with Crippen LogP contribution in [-0.2, 0) is 6.42 Å². The zero-order valence-electron chi connectivity index (χ0n) is 12.1. The zero-order chi connectivity index (χ0) is 13.5. The van der Waals surface area contributed by atoms with Crippen molar-refractivity contribution >= 4 is 0 Å². The van der Waals surface area contributed by atoms with E-state index in [1.165, 1.54) is 44.3 Å². The highest BCUT2D eigenvalue weighted by Crippen LogP contribution is 2.28. The average Bonchev–Trinajstić information content (AvgIpc) is 2.48. The van der Waals surface area contributed by atoms with Crippen LogP contribution in [0.5, 0.6) is 11.5 Å². The molecule has 0 radical (unpaired) electrons. The lowest BCUT2D eigenvalue weighted by Crippen LogP contribution is -2.27. The van der Waals surface area contributed by atoms with Crippen molar-refractivity contribution in [1.29, 1.82) is 0 Å². The van der Waals surface area contributed by atoms with Crippen LogP contribution < -0.4 is 14.8 Å². The van der Waals surface area contributed by atoms with Crippen molar-refractivity contribution < 1.29 is 9.47 Å². The maximum Gasteiger partial charge on any atom is 0.160 e. The van der Waals surface area contributed by atoms with Crippen LogP contribution in [0.25, 0.3) is 0 Å². The van der Waals surface area contributed by atoms with E-state index in [1.807, 2.05) is 6.07 Å². The Balaban J connectivity index is 1.81. The molecule has 1 aliphatic heterocycles. The molecule has 0 amide bonds. The van der Waals surface area contributed by atoms with Crippen molar-refractivity contribution in [3.63, 3.8) is 0 Å². The number of hydrogen-bond donors (Lipinski definition) is 1. The van der Waals surface area contributed by atoms with Crippen molar-refractivity contribution in [3.05, 3.63) is 23.8 Å². The Morgan fingerprint density at radius 2 is 1.84 bits per heavy atom. The van der Waals surface area contributed by atoms with Gasteiger partial charge in [0, 0.05) is 0 Å². The van der Waals surface area contributed by atoms with E-state index in [0.717, 1.165) is 23.8 Å². The molecule has 1 fully saturated rings. The summed E-state index contributed by atoms with van der Waals surface area (Å²) in [7, 11) is 3.37. The van der Waals surface area contributed by atoms with Gasteiger partial charge in [0.2, 0.25) is 0 Å². The van der Waals surface area contributed by atoms with E-state index < -0.39 is 0 Å². The van der Waals surface area contributed by atoms with Gasteiger partial charge >= 0.3 is 0 Å². The number of hydrogen-bond acceptors (Lipinski definition) is 3. The molecule has 3 heteroatoms. The molecule has 0 aliphatic carbocycles. The van der Waals surface area contributed by atoms with Crippen LogP contribution in [-0.4, -0.2) is 27.3 Å². The minimum absolute atomic E-state index is 0.810. The van der Waals surface area contributed by atoms with Gasteiger partial charge in [-0.25, -0.2) is 0 Å². The molecule has 2 rings (SSSR count). The fraction of sp³-hybridized carbons (Fsp3) is 0.625. The highest BCUT2D eigenvalue weighted by molar-refractivity contribution is 5.42. The van der Waals surface area contributed by atoms with Crippen LogP contribution in [0.15, 0.2) is 18.2 Å². The number of methoxy groups -OCH3 is 2. The van der Waals surface area contributed by atoms with E-state index >= 15 is 0 Å². The Morgan fingerprint density at radius 1 is 1.11 bits per heavy atom. The molecule has 0 atom stereocenters. The number of nitrogens with one attached hydrogen (secondary N) is 1. The van der Waals surface area contributed by atoms with E-state index in [2.05, 4.69) is 17.4 Å². The molecular formula is C16H25NO2. The van der Waals surface area contributed by atoms with Gasteiger partial charge in [-0.2, -0.15) is 0 Å². The van der Waals surface area contributed by atoms with Gasteiger partial charge in [-0.3, -0.25) is 0 Å². The monoisotopic (exact) mass is 263 g/mol. The Morgan fingerprint density at radius 3 is 2.53 bits per heavy atom. The van der Waals surface area contributed by atoms with E-state index in [-0.39, 0.29) is 0 Å². The van der Waals surface area contributed by atoms with Crippen LogP contribution >= 0.6 is 0 Å². The molecule has 106 valence electrons. The normalized spacial score (nSPS) is 16.3. The maximum absolute atomic E-state index is 5.34. The number of piperidine rings is 1. The summed E-state index contributed by atoms with van der Waals surface area (Å²) >= 11 is 0. The second-order valence-corrected chi connectivity index (χ2v) is 5.27. The van der Waals surface area contributed by atoms with Gasteiger partial charge in [0.1, 0.15) is 0 Å². The van der Waals surface area contributed by atoms with Crippen LogP contribution in [0.3, 0.4) is 0 Å². The van der Waals surface area contributed by atoms with Crippen molar-refractivity contribution in [2.24, 2.45) is 5.92 Å². The molecule has 0 spiro atoms. The molecule has 0 unspecified atom stereocenters. The average molecular weight is 263 g/mol. The van der Waals surface area contributed by atoms with E-state index in [1.54, 1.807) is 14.2 Å². The summed E-state index contributed by atoms with van der Waals surface area (Å²) in [4.78, 5) is 0. The van der Waals surface area contributed by atoms with Crippen molar-refractivity contribution in [1.82, 2.24) is 5.32 Å². The number of ether oxygens (including phenoxy) is 2. The third-order valence-electron chi connectivity index (χ3n) is 3.98. The van der Waals surface area contributed by atoms with Crippen LogP contribution in [0.1, 0.15) is 31.2 Å². The van der Waals surface area contributed by atoms with E-state index in [0.29, 0.717) is 0 Å². The molecule has 1 aromatic rings. The standard InChI is InChI=1S/C16H25NO2/c1-18-15-7-6-14(12-16(15)19-2)5-3-4-13-8-10-17-11-9-13/h6-7,12-13,17H,3-5,8-11H2,1-2H3. The van der Waals surface area contributed by atoms with Gasteiger partial charge in [0.25, 0.3) is 0 Å². The SMILES string of the molecule is COc1ccc(CCCC2CCNCC2)cc1OC. The third-order valence-corrected chi connectivity index (χ3v) is 3.98. The summed E-state index contributed by atoms with van der Waals surface area (Å²) in [6, 6.07) is 6.24. The molecule has 1 saturated heterocycles. The third kappa shape index (κ3) is 4.13. The maximum atomic E-state index is 5.34. The Hall–Kier alpha value is -1.22. The summed E-state index contributed by atoms with van der Waals surface area (Å²) < 4.78 is 10.6. The predicted molar refractivity (Wildman–Crippen MR) is 78.1 cm³/mol. The first-order valence-electron chi connectivity index (χ1n) is 7.25. The molecule has 1 aromatic carbocycles. The lowest BCUT2D eigenvalue weighted by atomic mass is 9.91. The van der Waals surface area contributed by atoms with Gasteiger partial charge in [0.15, 0.2) is 11.5 Å². The second-order valence-electron chi connectivity index (χ2n) is 5.27. The lowest BCUT2D eigenvalue weighted by Gasteiger charge is -2.22. The molecule has 1 aliphatic rings. The Labute approximate surface area is 116 Å². The van der Waals surface area contributed by atoms with Gasteiger partial charge in [-0.1, -0.05) is 12.5 Å². The van der Waals surface area contributed by atoms with Crippen LogP contribution in [0, 0.1) is 5.92 Å². The first kappa shape index (κ1) is 14.2. The lowest BCUT2D eigenvalue weighted by molar-refractivity contribution is 0.346. The molecule has 0 saturated carbocycles. The first-order chi connectivity index (χ1) is 9.33. The smallest absolute Gasteiger partial charge is 0.160 e. The fourth-order valence-corrected chi connectivity index (χ4v) is 2.80. The molecule has 0 bridgehead atoms. The molecule has 1 N–H and O–H groups in total. The van der Waals surface area contributed by atoms with Crippen molar-refractivity contribution in [2.45, 2.75) is 32.1 Å².